The smallest absolute Gasteiger partial charge is 0.171 e. The molecule has 128 valence electrons. The fourth-order valence-corrected chi connectivity index (χ4v) is 3.25. The molecule has 0 spiro atoms. The number of rotatable bonds is 14. The van der Waals surface area contributed by atoms with Crippen molar-refractivity contribution < 1.29 is 13.2 Å². The molecule has 0 rings (SSSR count). The molecule has 1 unspecified atom stereocenters. The van der Waals surface area contributed by atoms with Crippen LogP contribution in [-0.2, 0) is 0 Å². The van der Waals surface area contributed by atoms with Gasteiger partial charge in [-0.25, -0.2) is 0 Å². The summed E-state index contributed by atoms with van der Waals surface area (Å²) in [4.78, 5) is -0.402. The molecule has 0 N–H and O–H groups in total. The second kappa shape index (κ2) is 13.9. The lowest BCUT2D eigenvalue weighted by Crippen LogP contribution is -2.14. The molecule has 0 aromatic carbocycles. The van der Waals surface area contributed by atoms with Gasteiger partial charge in [0.2, 0.25) is 0 Å². The van der Waals surface area contributed by atoms with Gasteiger partial charge in [0, 0.05) is 4.83 Å². The van der Waals surface area contributed by atoms with E-state index in [0.29, 0.717) is 6.42 Å². The van der Waals surface area contributed by atoms with Crippen LogP contribution in [0.1, 0.15) is 96.8 Å². The molecule has 0 saturated carbocycles. The Morgan fingerprint density at radius 1 is 0.714 bits per heavy atom. The second-order valence-electron chi connectivity index (χ2n) is 6.09. The molecule has 0 radical (unpaired) electrons. The second-order valence-corrected chi connectivity index (χ2v) is 7.39. The van der Waals surface area contributed by atoms with Crippen LogP contribution in [0.4, 0.5) is 13.2 Å². The Balaban J connectivity index is 3.15. The molecule has 0 aromatic rings. The quantitative estimate of drug-likeness (QED) is 0.215. The highest BCUT2D eigenvalue weighted by Gasteiger charge is 2.30. The van der Waals surface area contributed by atoms with Crippen LogP contribution in [0.15, 0.2) is 0 Å². The summed E-state index contributed by atoms with van der Waals surface area (Å²) in [5.41, 5.74) is 0. The first-order valence-electron chi connectivity index (χ1n) is 8.66. The van der Waals surface area contributed by atoms with Gasteiger partial charge in [-0.2, -0.15) is 13.2 Å². The molecule has 0 aliphatic rings. The van der Waals surface area contributed by atoms with E-state index in [-0.39, 0.29) is 0 Å². The summed E-state index contributed by atoms with van der Waals surface area (Å²) in [5.74, 6) is 0. The zero-order valence-corrected chi connectivity index (χ0v) is 15.1. The Bertz CT molecular complexity index is 217. The van der Waals surface area contributed by atoms with Crippen LogP contribution >= 0.6 is 15.9 Å². The highest BCUT2D eigenvalue weighted by atomic mass is 79.9. The van der Waals surface area contributed by atoms with Gasteiger partial charge in [-0.05, 0) is 6.42 Å². The van der Waals surface area contributed by atoms with E-state index in [0.717, 1.165) is 12.8 Å². The summed E-state index contributed by atoms with van der Waals surface area (Å²) in [6.07, 6.45) is 11.0. The minimum atomic E-state index is -4.04. The van der Waals surface area contributed by atoms with E-state index in [4.69, 9.17) is 0 Å². The third-order valence-electron chi connectivity index (χ3n) is 3.82. The van der Waals surface area contributed by atoms with Crippen LogP contribution in [0.25, 0.3) is 0 Å². The van der Waals surface area contributed by atoms with Crippen molar-refractivity contribution in [2.24, 2.45) is 0 Å². The zero-order valence-electron chi connectivity index (χ0n) is 13.5. The SMILES string of the molecule is CCCCCCCCCCCCCCC(Br)CC(F)(F)F. The lowest BCUT2D eigenvalue weighted by Gasteiger charge is -2.12. The Hall–Kier alpha value is 0.270. The molecule has 4 heteroatoms. The fourth-order valence-electron chi connectivity index (χ4n) is 2.56. The Morgan fingerprint density at radius 3 is 1.48 bits per heavy atom. The van der Waals surface area contributed by atoms with Gasteiger partial charge in [0.15, 0.2) is 0 Å². The van der Waals surface area contributed by atoms with Crippen LogP contribution in [0, 0.1) is 0 Å². The molecule has 0 bridgehead atoms. The van der Waals surface area contributed by atoms with Gasteiger partial charge in [-0.15, -0.1) is 0 Å². The maximum Gasteiger partial charge on any atom is 0.390 e. The number of unbranched alkanes of at least 4 members (excludes halogenated alkanes) is 11. The molecule has 0 saturated heterocycles. The van der Waals surface area contributed by atoms with Crippen LogP contribution in [0.2, 0.25) is 0 Å². The minimum Gasteiger partial charge on any atom is -0.171 e. The lowest BCUT2D eigenvalue weighted by atomic mass is 10.0. The van der Waals surface area contributed by atoms with E-state index in [9.17, 15) is 13.2 Å². The van der Waals surface area contributed by atoms with Gasteiger partial charge in [-0.1, -0.05) is 99.9 Å². The molecule has 1 atom stereocenters. The average molecular weight is 373 g/mol. The average Bonchev–Trinajstić information content (AvgIpc) is 2.38. The van der Waals surface area contributed by atoms with E-state index in [1.165, 1.54) is 64.2 Å². The predicted molar refractivity (Wildman–Crippen MR) is 89.1 cm³/mol. The molecule has 0 aliphatic heterocycles. The number of hydrogen-bond donors (Lipinski definition) is 0. The first kappa shape index (κ1) is 21.3. The summed E-state index contributed by atoms with van der Waals surface area (Å²) in [6, 6.07) is 0. The first-order valence-corrected chi connectivity index (χ1v) is 9.58. The van der Waals surface area contributed by atoms with Crippen molar-refractivity contribution >= 4 is 15.9 Å². The van der Waals surface area contributed by atoms with Gasteiger partial charge in [0.05, 0.1) is 6.42 Å². The van der Waals surface area contributed by atoms with Gasteiger partial charge in [0.1, 0.15) is 0 Å². The summed E-state index contributed by atoms with van der Waals surface area (Å²) < 4.78 is 36.4. The van der Waals surface area contributed by atoms with Crippen molar-refractivity contribution in [3.05, 3.63) is 0 Å². The van der Waals surface area contributed by atoms with Crippen molar-refractivity contribution in [1.29, 1.82) is 0 Å². The van der Waals surface area contributed by atoms with Gasteiger partial charge >= 0.3 is 6.18 Å². The van der Waals surface area contributed by atoms with Crippen LogP contribution < -0.4 is 0 Å². The molecule has 0 aromatic heterocycles. The Morgan fingerprint density at radius 2 is 1.10 bits per heavy atom. The molecule has 0 nitrogen and oxygen atoms in total. The third kappa shape index (κ3) is 18.2. The lowest BCUT2D eigenvalue weighted by molar-refractivity contribution is -0.134. The largest absolute Gasteiger partial charge is 0.390 e. The molecule has 0 heterocycles. The van der Waals surface area contributed by atoms with Crippen molar-refractivity contribution in [2.75, 3.05) is 0 Å². The van der Waals surface area contributed by atoms with Crippen LogP contribution in [0.5, 0.6) is 0 Å². The van der Waals surface area contributed by atoms with E-state index < -0.39 is 17.4 Å². The monoisotopic (exact) mass is 372 g/mol. The number of halogens is 4. The predicted octanol–water partition coefficient (Wildman–Crippen LogP) is 7.79. The molecular weight excluding hydrogens is 341 g/mol. The van der Waals surface area contributed by atoms with Crippen LogP contribution in [0.3, 0.4) is 0 Å². The number of alkyl halides is 4. The summed E-state index contributed by atoms with van der Waals surface area (Å²) in [5, 5.41) is 0. The normalized spacial score (nSPS) is 13.6. The van der Waals surface area contributed by atoms with E-state index >= 15 is 0 Å². The zero-order chi connectivity index (χ0) is 16.0. The summed E-state index contributed by atoms with van der Waals surface area (Å²) in [7, 11) is 0. The first-order chi connectivity index (χ1) is 9.95. The highest BCUT2D eigenvalue weighted by Crippen LogP contribution is 2.27. The van der Waals surface area contributed by atoms with Crippen molar-refractivity contribution in [3.8, 4) is 0 Å². The minimum absolute atomic E-state index is 0.402. The maximum atomic E-state index is 12.1. The van der Waals surface area contributed by atoms with Gasteiger partial charge in [0.25, 0.3) is 0 Å². The van der Waals surface area contributed by atoms with Crippen molar-refractivity contribution in [3.63, 3.8) is 0 Å². The Kier molecular flexibility index (Phi) is 14.1. The fraction of sp³-hybridized carbons (Fsp3) is 1.00. The number of hydrogen-bond acceptors (Lipinski definition) is 0. The van der Waals surface area contributed by atoms with E-state index in [1.807, 2.05) is 0 Å². The molecule has 0 amide bonds. The topological polar surface area (TPSA) is 0 Å². The molecular formula is C17H32BrF3. The van der Waals surface area contributed by atoms with Crippen molar-refractivity contribution in [2.45, 2.75) is 108 Å². The molecule has 0 fully saturated rings. The van der Waals surface area contributed by atoms with E-state index in [2.05, 4.69) is 22.9 Å². The third-order valence-corrected chi connectivity index (χ3v) is 4.61. The molecule has 0 aliphatic carbocycles. The Labute approximate surface area is 137 Å². The van der Waals surface area contributed by atoms with Crippen LogP contribution in [-0.4, -0.2) is 11.0 Å². The maximum absolute atomic E-state index is 12.1. The van der Waals surface area contributed by atoms with E-state index in [1.54, 1.807) is 0 Å². The van der Waals surface area contributed by atoms with Gasteiger partial charge in [-0.3, -0.25) is 0 Å². The molecule has 21 heavy (non-hydrogen) atoms. The summed E-state index contributed by atoms with van der Waals surface area (Å²) in [6.45, 7) is 2.24. The standard InChI is InChI=1S/C17H32BrF3/c1-2-3-4-5-6-7-8-9-10-11-12-13-14-16(18)15-17(19,20)21/h16H,2-15H2,1H3. The van der Waals surface area contributed by atoms with Gasteiger partial charge < -0.3 is 0 Å². The highest BCUT2D eigenvalue weighted by molar-refractivity contribution is 9.09. The summed E-state index contributed by atoms with van der Waals surface area (Å²) >= 11 is 3.12. The van der Waals surface area contributed by atoms with Crippen molar-refractivity contribution in [1.82, 2.24) is 0 Å².